The molecule has 3 aromatic rings. The van der Waals surface area contributed by atoms with Crippen molar-refractivity contribution >= 4 is 22.9 Å². The van der Waals surface area contributed by atoms with E-state index in [0.717, 1.165) is 31.7 Å². The molecule has 1 aliphatic carbocycles. The third-order valence-corrected chi connectivity index (χ3v) is 7.79. The number of amides is 2. The Labute approximate surface area is 217 Å². The van der Waals surface area contributed by atoms with Crippen LogP contribution in [0.5, 0.6) is 0 Å². The Morgan fingerprint density at radius 2 is 1.76 bits per heavy atom. The molecular weight excluding hydrogens is 499 g/mol. The van der Waals surface area contributed by atoms with Crippen molar-refractivity contribution in [3.63, 3.8) is 0 Å². The summed E-state index contributed by atoms with van der Waals surface area (Å²) in [5.41, 5.74) is -0.958. The summed E-state index contributed by atoms with van der Waals surface area (Å²) in [7, 11) is 0. The van der Waals surface area contributed by atoms with Crippen LogP contribution in [0.25, 0.3) is 22.6 Å². The Kier molecular flexibility index (Phi) is 6.35. The Morgan fingerprint density at radius 1 is 1.03 bits per heavy atom. The van der Waals surface area contributed by atoms with E-state index in [9.17, 15) is 22.8 Å². The summed E-state index contributed by atoms with van der Waals surface area (Å²) in [4.78, 5) is 33.6. The second-order valence-corrected chi connectivity index (χ2v) is 10.2. The minimum atomic E-state index is -4.71. The number of hydrogen-bond acceptors (Lipinski definition) is 6. The summed E-state index contributed by atoms with van der Waals surface area (Å²) in [6.07, 6.45) is -1.01. The van der Waals surface area contributed by atoms with Gasteiger partial charge >= 0.3 is 6.18 Å². The summed E-state index contributed by atoms with van der Waals surface area (Å²) >= 11 is 0. The molecule has 6 rings (SSSR count). The zero-order valence-corrected chi connectivity index (χ0v) is 20.6. The van der Waals surface area contributed by atoms with Crippen LogP contribution in [0.1, 0.15) is 41.6 Å². The van der Waals surface area contributed by atoms with Gasteiger partial charge in [-0.2, -0.15) is 13.2 Å². The molecule has 1 aromatic heterocycles. The van der Waals surface area contributed by atoms with Gasteiger partial charge in [0, 0.05) is 43.3 Å². The number of nitrogens with zero attached hydrogens (tertiary/aromatic N) is 3. The van der Waals surface area contributed by atoms with E-state index < -0.39 is 17.6 Å². The molecule has 3 aliphatic rings. The van der Waals surface area contributed by atoms with Gasteiger partial charge in [-0.05, 0) is 37.1 Å². The first-order valence-electron chi connectivity index (χ1n) is 12.9. The van der Waals surface area contributed by atoms with Crippen LogP contribution in [0.2, 0.25) is 0 Å². The molecule has 1 saturated carbocycles. The quantitative estimate of drug-likeness (QED) is 0.538. The highest BCUT2D eigenvalue weighted by Gasteiger charge is 2.40. The minimum Gasteiger partial charge on any atom is -0.436 e. The van der Waals surface area contributed by atoms with Gasteiger partial charge in [0.25, 0.3) is 5.91 Å². The monoisotopic (exact) mass is 527 g/mol. The Morgan fingerprint density at radius 3 is 2.50 bits per heavy atom. The minimum absolute atomic E-state index is 0.000824. The molecule has 2 aromatic carbocycles. The van der Waals surface area contributed by atoms with Crippen LogP contribution in [0.3, 0.4) is 0 Å². The summed E-state index contributed by atoms with van der Waals surface area (Å²) in [6.45, 7) is 1.61. The van der Waals surface area contributed by atoms with Crippen molar-refractivity contribution in [2.45, 2.75) is 44.2 Å². The zero-order chi connectivity index (χ0) is 26.4. The molecule has 8 nitrogen and oxygen atoms in total. The third-order valence-electron chi connectivity index (χ3n) is 7.79. The first-order valence-corrected chi connectivity index (χ1v) is 12.9. The maximum absolute atomic E-state index is 14.0. The number of fused-ring (bicyclic) bond motifs is 2. The van der Waals surface area contributed by atoms with Crippen LogP contribution >= 0.6 is 0 Å². The second kappa shape index (κ2) is 9.70. The van der Waals surface area contributed by atoms with Gasteiger partial charge in [0.05, 0.1) is 11.5 Å². The van der Waals surface area contributed by atoms with Gasteiger partial charge in [0.1, 0.15) is 11.8 Å². The molecule has 3 unspecified atom stereocenters. The molecule has 3 atom stereocenters. The van der Waals surface area contributed by atoms with Crippen LogP contribution < -0.4 is 10.6 Å². The lowest BCUT2D eigenvalue weighted by molar-refractivity contribution is -0.136. The van der Waals surface area contributed by atoms with E-state index >= 15 is 0 Å². The summed E-state index contributed by atoms with van der Waals surface area (Å²) in [5, 5.41) is 6.59. The number of oxazole rings is 1. The van der Waals surface area contributed by atoms with Crippen LogP contribution in [0.15, 0.2) is 46.9 Å². The van der Waals surface area contributed by atoms with Gasteiger partial charge < -0.3 is 14.6 Å². The first-order chi connectivity index (χ1) is 18.3. The maximum Gasteiger partial charge on any atom is 0.418 e. The summed E-state index contributed by atoms with van der Waals surface area (Å²) < 4.78 is 47.6. The SMILES string of the molecule is O=C1NC(N2CCN(C(=O)c3cc(C(F)(F)F)c4nc(-c5ccccc5)oc4c3)CC2)NC2CCCCC12. The highest BCUT2D eigenvalue weighted by molar-refractivity contribution is 5.98. The molecule has 2 amide bonds. The fraction of sp³-hybridized carbons (Fsp3) is 0.444. The molecule has 11 heteroatoms. The number of carbonyl (C=O) groups excluding carboxylic acids is 2. The van der Waals surface area contributed by atoms with E-state index in [2.05, 4.69) is 20.5 Å². The van der Waals surface area contributed by atoms with Crippen LogP contribution in [-0.2, 0) is 11.0 Å². The zero-order valence-electron chi connectivity index (χ0n) is 20.6. The van der Waals surface area contributed by atoms with E-state index in [0.29, 0.717) is 31.7 Å². The van der Waals surface area contributed by atoms with E-state index in [4.69, 9.17) is 4.42 Å². The second-order valence-electron chi connectivity index (χ2n) is 10.2. The van der Waals surface area contributed by atoms with Gasteiger partial charge in [-0.1, -0.05) is 31.0 Å². The standard InChI is InChI=1S/C27H28F3N5O3/c28-27(29,30)19-14-17(15-21-22(19)32-24(38-21)16-6-2-1-3-7-16)25(37)34-10-12-35(13-11-34)26-31-20-9-5-4-8-18(20)23(36)33-26/h1-3,6-7,14-15,18,20,26,31H,4-5,8-13H2,(H,33,36). The van der Waals surface area contributed by atoms with E-state index in [1.807, 2.05) is 0 Å². The number of benzene rings is 2. The Bertz CT molecular complexity index is 1350. The van der Waals surface area contributed by atoms with Crippen molar-refractivity contribution in [3.05, 3.63) is 53.6 Å². The number of alkyl halides is 3. The molecular formula is C27H28F3N5O3. The summed E-state index contributed by atoms with van der Waals surface area (Å²) in [6, 6.07) is 11.0. The van der Waals surface area contributed by atoms with Gasteiger partial charge in [-0.25, -0.2) is 4.98 Å². The number of nitrogens with one attached hydrogen (secondary N) is 2. The normalized spacial score (nSPS) is 24.8. The number of piperazine rings is 1. The number of halogens is 3. The van der Waals surface area contributed by atoms with Crippen molar-refractivity contribution in [2.75, 3.05) is 26.2 Å². The fourth-order valence-corrected chi connectivity index (χ4v) is 5.77. The fourth-order valence-electron chi connectivity index (χ4n) is 5.77. The summed E-state index contributed by atoms with van der Waals surface area (Å²) in [5.74, 6) is -0.375. The Balaban J connectivity index is 1.20. The molecule has 0 spiro atoms. The Hall–Kier alpha value is -3.44. The van der Waals surface area contributed by atoms with Crippen LogP contribution in [-0.4, -0.2) is 65.1 Å². The topological polar surface area (TPSA) is 90.7 Å². The van der Waals surface area contributed by atoms with Gasteiger partial charge in [-0.15, -0.1) is 0 Å². The van der Waals surface area contributed by atoms with Crippen molar-refractivity contribution in [1.82, 2.24) is 25.4 Å². The predicted molar refractivity (Wildman–Crippen MR) is 133 cm³/mol. The van der Waals surface area contributed by atoms with E-state index in [1.54, 1.807) is 35.2 Å². The maximum atomic E-state index is 14.0. The number of rotatable bonds is 3. The van der Waals surface area contributed by atoms with Crippen molar-refractivity contribution in [3.8, 4) is 11.5 Å². The molecule has 2 N–H and O–H groups in total. The lowest BCUT2D eigenvalue weighted by atomic mass is 9.82. The molecule has 2 saturated heterocycles. The van der Waals surface area contributed by atoms with E-state index in [1.165, 1.54) is 6.07 Å². The van der Waals surface area contributed by atoms with Gasteiger partial charge in [-0.3, -0.25) is 19.8 Å². The third kappa shape index (κ3) is 4.64. The smallest absolute Gasteiger partial charge is 0.418 e. The van der Waals surface area contributed by atoms with Crippen molar-refractivity contribution in [1.29, 1.82) is 0 Å². The first kappa shape index (κ1) is 24.9. The van der Waals surface area contributed by atoms with Crippen molar-refractivity contribution < 1.29 is 27.2 Å². The van der Waals surface area contributed by atoms with Crippen LogP contribution in [0.4, 0.5) is 13.2 Å². The number of aromatic nitrogens is 1. The molecule has 0 radical (unpaired) electrons. The highest BCUT2D eigenvalue weighted by atomic mass is 19.4. The molecule has 200 valence electrons. The average molecular weight is 528 g/mol. The predicted octanol–water partition coefficient (Wildman–Crippen LogP) is 3.83. The molecule has 3 heterocycles. The lowest BCUT2D eigenvalue weighted by Crippen LogP contribution is -2.69. The van der Waals surface area contributed by atoms with E-state index in [-0.39, 0.29) is 46.7 Å². The molecule has 38 heavy (non-hydrogen) atoms. The largest absolute Gasteiger partial charge is 0.436 e. The van der Waals surface area contributed by atoms with Gasteiger partial charge in [0.15, 0.2) is 5.58 Å². The lowest BCUT2D eigenvalue weighted by Gasteiger charge is -2.46. The molecule has 0 bridgehead atoms. The number of hydrogen-bond donors (Lipinski definition) is 2. The molecule has 2 aliphatic heterocycles. The number of carbonyl (C=O) groups is 2. The highest BCUT2D eigenvalue weighted by Crippen LogP contribution is 2.37. The van der Waals surface area contributed by atoms with Crippen molar-refractivity contribution in [2.24, 2.45) is 5.92 Å². The average Bonchev–Trinajstić information content (AvgIpc) is 3.36. The van der Waals surface area contributed by atoms with Gasteiger partial charge in [0.2, 0.25) is 11.8 Å². The van der Waals surface area contributed by atoms with Crippen LogP contribution in [0, 0.1) is 5.92 Å². The molecule has 3 fully saturated rings.